The molecule has 3 aromatic rings. The van der Waals surface area contributed by atoms with E-state index in [4.69, 9.17) is 0 Å². The molecule has 26 heavy (non-hydrogen) atoms. The summed E-state index contributed by atoms with van der Waals surface area (Å²) >= 11 is 3.61. The van der Waals surface area contributed by atoms with Gasteiger partial charge in [-0.25, -0.2) is 0 Å². The Bertz CT molecular complexity index is 877. The van der Waals surface area contributed by atoms with E-state index < -0.39 is 0 Å². The minimum absolute atomic E-state index is 0.0184. The lowest BCUT2D eigenvalue weighted by atomic mass is 10.0. The predicted molar refractivity (Wildman–Crippen MR) is 110 cm³/mol. The van der Waals surface area contributed by atoms with Crippen LogP contribution in [0.15, 0.2) is 102 Å². The van der Waals surface area contributed by atoms with Gasteiger partial charge in [-0.1, -0.05) is 88.7 Å². The Labute approximate surface area is 162 Å². The molecular formula is C23H20BrNO. The molecule has 3 aromatic carbocycles. The molecule has 0 spiro atoms. The van der Waals surface area contributed by atoms with Crippen molar-refractivity contribution in [2.24, 2.45) is 0 Å². The molecule has 1 unspecified atom stereocenters. The number of amides is 1. The SMILES string of the molecule is C=CC(c1ccccc1Br)N(Cc1ccccc1)C(=O)c1ccccc1. The molecule has 0 heterocycles. The van der Waals surface area contributed by atoms with E-state index in [2.05, 4.69) is 22.5 Å². The summed E-state index contributed by atoms with van der Waals surface area (Å²) < 4.78 is 0.962. The Morgan fingerprint density at radius 2 is 1.50 bits per heavy atom. The molecule has 0 bridgehead atoms. The van der Waals surface area contributed by atoms with Crippen molar-refractivity contribution in [1.29, 1.82) is 0 Å². The second-order valence-corrected chi connectivity index (χ2v) is 6.84. The van der Waals surface area contributed by atoms with Gasteiger partial charge in [-0.15, -0.1) is 6.58 Å². The van der Waals surface area contributed by atoms with Crippen LogP contribution in [0.5, 0.6) is 0 Å². The fourth-order valence-electron chi connectivity index (χ4n) is 2.96. The average molecular weight is 406 g/mol. The third-order valence-electron chi connectivity index (χ3n) is 4.26. The minimum Gasteiger partial charge on any atom is -0.324 e. The van der Waals surface area contributed by atoms with Crippen molar-refractivity contribution in [2.45, 2.75) is 12.6 Å². The zero-order valence-corrected chi connectivity index (χ0v) is 16.0. The molecule has 0 aliphatic rings. The molecule has 0 radical (unpaired) electrons. The number of carbonyl (C=O) groups excluding carboxylic acids is 1. The number of hydrogen-bond donors (Lipinski definition) is 0. The van der Waals surface area contributed by atoms with Crippen molar-refractivity contribution in [3.63, 3.8) is 0 Å². The summed E-state index contributed by atoms with van der Waals surface area (Å²) in [4.78, 5) is 15.2. The standard InChI is InChI=1S/C23H20BrNO/c1-2-22(20-15-9-10-16-21(20)24)25(17-18-11-5-3-6-12-18)23(26)19-13-7-4-8-14-19/h2-16,22H,1,17H2. The van der Waals surface area contributed by atoms with Crippen LogP contribution in [0.3, 0.4) is 0 Å². The first-order chi connectivity index (χ1) is 12.7. The van der Waals surface area contributed by atoms with Crippen LogP contribution in [-0.2, 0) is 6.54 Å². The van der Waals surface area contributed by atoms with Gasteiger partial charge in [-0.05, 0) is 29.3 Å². The fourth-order valence-corrected chi connectivity index (χ4v) is 3.48. The van der Waals surface area contributed by atoms with Gasteiger partial charge in [0.05, 0.1) is 6.04 Å². The predicted octanol–water partition coefficient (Wildman–Crippen LogP) is 6.02. The molecule has 0 fully saturated rings. The van der Waals surface area contributed by atoms with E-state index in [0.29, 0.717) is 12.1 Å². The molecule has 0 aliphatic carbocycles. The van der Waals surface area contributed by atoms with Crippen LogP contribution in [0.25, 0.3) is 0 Å². The molecule has 2 nitrogen and oxygen atoms in total. The Morgan fingerprint density at radius 3 is 2.12 bits per heavy atom. The van der Waals surface area contributed by atoms with Gasteiger partial charge in [0.1, 0.15) is 0 Å². The lowest BCUT2D eigenvalue weighted by Crippen LogP contribution is -2.33. The number of nitrogens with zero attached hydrogens (tertiary/aromatic N) is 1. The molecule has 0 N–H and O–H groups in total. The van der Waals surface area contributed by atoms with Gasteiger partial charge < -0.3 is 4.90 Å². The van der Waals surface area contributed by atoms with E-state index in [1.54, 1.807) is 0 Å². The molecule has 0 saturated heterocycles. The molecule has 0 saturated carbocycles. The number of carbonyl (C=O) groups is 1. The number of benzene rings is 3. The fraction of sp³-hybridized carbons (Fsp3) is 0.0870. The van der Waals surface area contributed by atoms with Crippen LogP contribution >= 0.6 is 15.9 Å². The first kappa shape index (κ1) is 18.2. The summed E-state index contributed by atoms with van der Waals surface area (Å²) in [5.41, 5.74) is 2.76. The van der Waals surface area contributed by atoms with Crippen LogP contribution in [0.2, 0.25) is 0 Å². The van der Waals surface area contributed by atoms with Crippen molar-refractivity contribution < 1.29 is 4.79 Å². The highest BCUT2D eigenvalue weighted by atomic mass is 79.9. The number of halogens is 1. The van der Waals surface area contributed by atoms with Crippen LogP contribution in [0, 0.1) is 0 Å². The Morgan fingerprint density at radius 1 is 0.923 bits per heavy atom. The maximum Gasteiger partial charge on any atom is 0.254 e. The third kappa shape index (κ3) is 4.12. The van der Waals surface area contributed by atoms with Gasteiger partial charge in [0.2, 0.25) is 0 Å². The molecule has 3 heteroatoms. The molecule has 1 amide bonds. The van der Waals surface area contributed by atoms with E-state index in [-0.39, 0.29) is 11.9 Å². The lowest BCUT2D eigenvalue weighted by molar-refractivity contribution is 0.0696. The van der Waals surface area contributed by atoms with Crippen LogP contribution < -0.4 is 0 Å². The maximum atomic E-state index is 13.3. The van der Waals surface area contributed by atoms with Gasteiger partial charge in [0.15, 0.2) is 0 Å². The lowest BCUT2D eigenvalue weighted by Gasteiger charge is -2.31. The topological polar surface area (TPSA) is 20.3 Å². The normalized spacial score (nSPS) is 11.6. The highest BCUT2D eigenvalue weighted by molar-refractivity contribution is 9.10. The summed E-state index contributed by atoms with van der Waals surface area (Å²) in [5, 5.41) is 0. The van der Waals surface area contributed by atoms with Crippen molar-refractivity contribution >= 4 is 21.8 Å². The number of hydrogen-bond acceptors (Lipinski definition) is 1. The molecule has 3 rings (SSSR count). The van der Waals surface area contributed by atoms with Gasteiger partial charge in [-0.2, -0.15) is 0 Å². The van der Waals surface area contributed by atoms with Crippen molar-refractivity contribution in [1.82, 2.24) is 4.90 Å². The highest BCUT2D eigenvalue weighted by Gasteiger charge is 2.25. The first-order valence-electron chi connectivity index (χ1n) is 8.47. The molecule has 0 aromatic heterocycles. The third-order valence-corrected chi connectivity index (χ3v) is 4.98. The summed E-state index contributed by atoms with van der Waals surface area (Å²) in [7, 11) is 0. The molecule has 0 aliphatic heterocycles. The molecule has 130 valence electrons. The zero-order valence-electron chi connectivity index (χ0n) is 14.4. The van der Waals surface area contributed by atoms with Gasteiger partial charge in [-0.3, -0.25) is 4.79 Å². The second kappa shape index (κ2) is 8.63. The van der Waals surface area contributed by atoms with E-state index in [1.165, 1.54) is 0 Å². The first-order valence-corrected chi connectivity index (χ1v) is 9.27. The Kier molecular flexibility index (Phi) is 6.03. The Balaban J connectivity index is 2.02. The largest absolute Gasteiger partial charge is 0.324 e. The van der Waals surface area contributed by atoms with Crippen LogP contribution in [-0.4, -0.2) is 10.8 Å². The van der Waals surface area contributed by atoms with Gasteiger partial charge in [0.25, 0.3) is 5.91 Å². The average Bonchev–Trinajstić information content (AvgIpc) is 2.70. The van der Waals surface area contributed by atoms with E-state index in [0.717, 1.165) is 15.6 Å². The van der Waals surface area contributed by atoms with Crippen molar-refractivity contribution in [3.05, 3.63) is 119 Å². The molecular weight excluding hydrogens is 386 g/mol. The zero-order chi connectivity index (χ0) is 18.4. The Hall–Kier alpha value is -2.65. The van der Waals surface area contributed by atoms with E-state index >= 15 is 0 Å². The van der Waals surface area contributed by atoms with E-state index in [1.807, 2.05) is 95.9 Å². The summed E-state index contributed by atoms with van der Waals surface area (Å²) in [5.74, 6) is -0.0184. The second-order valence-electron chi connectivity index (χ2n) is 5.99. The van der Waals surface area contributed by atoms with Crippen molar-refractivity contribution in [2.75, 3.05) is 0 Å². The maximum absolute atomic E-state index is 13.3. The summed E-state index contributed by atoms with van der Waals surface area (Å²) in [6.45, 7) is 4.51. The summed E-state index contributed by atoms with van der Waals surface area (Å²) in [6, 6.07) is 27.1. The highest BCUT2D eigenvalue weighted by Crippen LogP contribution is 2.31. The van der Waals surface area contributed by atoms with E-state index in [9.17, 15) is 4.79 Å². The quantitative estimate of drug-likeness (QED) is 0.459. The van der Waals surface area contributed by atoms with Gasteiger partial charge >= 0.3 is 0 Å². The van der Waals surface area contributed by atoms with Crippen LogP contribution in [0.1, 0.15) is 27.5 Å². The summed E-state index contributed by atoms with van der Waals surface area (Å²) in [6.07, 6.45) is 1.82. The smallest absolute Gasteiger partial charge is 0.254 e. The van der Waals surface area contributed by atoms with Crippen molar-refractivity contribution in [3.8, 4) is 0 Å². The number of rotatable bonds is 6. The monoisotopic (exact) mass is 405 g/mol. The minimum atomic E-state index is -0.238. The molecule has 1 atom stereocenters. The van der Waals surface area contributed by atoms with Gasteiger partial charge in [0, 0.05) is 16.6 Å². The van der Waals surface area contributed by atoms with Crippen LogP contribution in [0.4, 0.5) is 0 Å².